The average molecular weight is 266 g/mol. The number of hydrogen-bond donors (Lipinski definition) is 2. The van der Waals surface area contributed by atoms with Crippen LogP contribution in [0, 0.1) is 0 Å². The smallest absolute Gasteiger partial charge is 0.250 e. The molecule has 3 N–H and O–H groups in total. The molecule has 1 amide bonds. The van der Waals surface area contributed by atoms with Gasteiger partial charge in [-0.15, -0.1) is 0 Å². The number of carbonyl (C=O) groups excluding carboxylic acids is 1. The summed E-state index contributed by atoms with van der Waals surface area (Å²) >= 11 is 0. The van der Waals surface area contributed by atoms with Gasteiger partial charge in [0.25, 0.3) is 0 Å². The Hall–Kier alpha value is -1.79. The lowest BCUT2D eigenvalue weighted by Gasteiger charge is -2.12. The van der Waals surface area contributed by atoms with Crippen molar-refractivity contribution in [1.82, 2.24) is 0 Å². The Kier molecular flexibility index (Phi) is 4.59. The minimum absolute atomic E-state index is 0.00155. The Morgan fingerprint density at radius 1 is 1.58 bits per heavy atom. The summed E-state index contributed by atoms with van der Waals surface area (Å²) in [7, 11) is 1.52. The molecule has 1 aliphatic heterocycles. The molecule has 6 nitrogen and oxygen atoms in total. The van der Waals surface area contributed by atoms with Crippen LogP contribution in [0.2, 0.25) is 0 Å². The van der Waals surface area contributed by atoms with Gasteiger partial charge in [0.2, 0.25) is 5.91 Å². The van der Waals surface area contributed by atoms with E-state index < -0.39 is 0 Å². The van der Waals surface area contributed by atoms with Crippen LogP contribution >= 0.6 is 0 Å². The summed E-state index contributed by atoms with van der Waals surface area (Å²) < 4.78 is 15.7. The number of amides is 1. The number of hydrogen-bond acceptors (Lipinski definition) is 5. The number of nitrogens with two attached hydrogens (primary N) is 1. The molecule has 1 saturated heterocycles. The fraction of sp³-hybridized carbons (Fsp3) is 0.462. The number of benzene rings is 1. The van der Waals surface area contributed by atoms with E-state index >= 15 is 0 Å². The molecular weight excluding hydrogens is 248 g/mol. The summed E-state index contributed by atoms with van der Waals surface area (Å²) in [5.41, 5.74) is 6.80. The van der Waals surface area contributed by atoms with E-state index in [1.54, 1.807) is 18.2 Å². The normalized spacial score (nSPS) is 18.3. The van der Waals surface area contributed by atoms with Gasteiger partial charge in [0.1, 0.15) is 12.4 Å². The molecule has 1 atom stereocenters. The van der Waals surface area contributed by atoms with E-state index in [0.29, 0.717) is 30.3 Å². The van der Waals surface area contributed by atoms with E-state index in [1.165, 1.54) is 7.11 Å². The number of methoxy groups -OCH3 is 1. The van der Waals surface area contributed by atoms with Gasteiger partial charge in [-0.25, -0.2) is 0 Å². The third-order valence-electron chi connectivity index (χ3n) is 2.84. The van der Waals surface area contributed by atoms with Gasteiger partial charge in [-0.2, -0.15) is 0 Å². The molecule has 104 valence electrons. The van der Waals surface area contributed by atoms with Crippen molar-refractivity contribution in [3.63, 3.8) is 0 Å². The van der Waals surface area contributed by atoms with Crippen molar-refractivity contribution in [3.8, 4) is 5.75 Å². The zero-order chi connectivity index (χ0) is 13.7. The monoisotopic (exact) mass is 266 g/mol. The molecule has 0 spiro atoms. The third kappa shape index (κ3) is 3.84. The third-order valence-corrected chi connectivity index (χ3v) is 2.84. The Morgan fingerprint density at radius 3 is 3.11 bits per heavy atom. The fourth-order valence-electron chi connectivity index (χ4n) is 1.84. The van der Waals surface area contributed by atoms with E-state index in [0.717, 1.165) is 6.42 Å². The predicted molar refractivity (Wildman–Crippen MR) is 71.2 cm³/mol. The highest BCUT2D eigenvalue weighted by molar-refractivity contribution is 5.93. The molecule has 2 rings (SSSR count). The Balaban J connectivity index is 1.87. The van der Waals surface area contributed by atoms with E-state index in [1.807, 2.05) is 0 Å². The standard InChI is InChI=1S/C13H18N2O4/c1-17-12-6-9(14)2-3-11(12)15-13(16)8-19-10-4-5-18-7-10/h2-3,6,10H,4-5,7-8,14H2,1H3,(H,15,16). The molecule has 0 saturated carbocycles. The summed E-state index contributed by atoms with van der Waals surface area (Å²) in [5.74, 6) is 0.299. The molecule has 0 aromatic heterocycles. The molecular formula is C13H18N2O4. The van der Waals surface area contributed by atoms with Crippen molar-refractivity contribution < 1.29 is 19.0 Å². The lowest BCUT2D eigenvalue weighted by Crippen LogP contribution is -2.23. The van der Waals surface area contributed by atoms with Gasteiger partial charge >= 0.3 is 0 Å². The van der Waals surface area contributed by atoms with Gasteiger partial charge in [0.15, 0.2) is 0 Å². The van der Waals surface area contributed by atoms with Crippen LogP contribution in [0.5, 0.6) is 5.75 Å². The quantitative estimate of drug-likeness (QED) is 0.777. The maximum Gasteiger partial charge on any atom is 0.250 e. The number of anilines is 2. The Labute approximate surface area is 111 Å². The topological polar surface area (TPSA) is 82.8 Å². The first-order valence-corrected chi connectivity index (χ1v) is 6.11. The van der Waals surface area contributed by atoms with E-state index in [4.69, 9.17) is 19.9 Å². The molecule has 0 bridgehead atoms. The zero-order valence-electron chi connectivity index (χ0n) is 10.8. The molecule has 1 fully saturated rings. The molecule has 19 heavy (non-hydrogen) atoms. The SMILES string of the molecule is COc1cc(N)ccc1NC(=O)COC1CCOC1. The summed E-state index contributed by atoms with van der Waals surface area (Å²) in [6.45, 7) is 1.25. The molecule has 1 unspecified atom stereocenters. The van der Waals surface area contributed by atoms with Crippen LogP contribution in [0.3, 0.4) is 0 Å². The molecule has 6 heteroatoms. The van der Waals surface area contributed by atoms with Crippen LogP contribution in [-0.2, 0) is 14.3 Å². The van der Waals surface area contributed by atoms with Crippen LogP contribution in [-0.4, -0.2) is 38.9 Å². The largest absolute Gasteiger partial charge is 0.494 e. The van der Waals surface area contributed by atoms with Crippen LogP contribution in [0.15, 0.2) is 18.2 Å². The van der Waals surface area contributed by atoms with Crippen molar-refractivity contribution in [3.05, 3.63) is 18.2 Å². The second-order valence-electron chi connectivity index (χ2n) is 4.30. The van der Waals surface area contributed by atoms with Crippen molar-refractivity contribution in [2.45, 2.75) is 12.5 Å². The first-order chi connectivity index (χ1) is 9.19. The van der Waals surface area contributed by atoms with Crippen molar-refractivity contribution in [2.24, 2.45) is 0 Å². The van der Waals surface area contributed by atoms with E-state index in [2.05, 4.69) is 5.32 Å². The first-order valence-electron chi connectivity index (χ1n) is 6.11. The maximum atomic E-state index is 11.8. The minimum Gasteiger partial charge on any atom is -0.494 e. The molecule has 1 heterocycles. The summed E-state index contributed by atoms with van der Waals surface area (Å²) in [5, 5.41) is 2.73. The summed E-state index contributed by atoms with van der Waals surface area (Å²) in [6, 6.07) is 5.05. The molecule has 1 aromatic rings. The zero-order valence-corrected chi connectivity index (χ0v) is 10.8. The Bertz CT molecular complexity index is 444. The van der Waals surface area contributed by atoms with Crippen LogP contribution in [0.1, 0.15) is 6.42 Å². The van der Waals surface area contributed by atoms with Gasteiger partial charge in [0.05, 0.1) is 25.5 Å². The molecule has 0 radical (unpaired) electrons. The van der Waals surface area contributed by atoms with Crippen molar-refractivity contribution >= 4 is 17.3 Å². The van der Waals surface area contributed by atoms with Crippen LogP contribution in [0.25, 0.3) is 0 Å². The number of nitrogen functional groups attached to an aromatic ring is 1. The highest BCUT2D eigenvalue weighted by Gasteiger charge is 2.17. The fourth-order valence-corrected chi connectivity index (χ4v) is 1.84. The predicted octanol–water partition coefficient (Wildman–Crippen LogP) is 1.02. The number of nitrogens with one attached hydrogen (secondary N) is 1. The minimum atomic E-state index is -0.227. The molecule has 1 aliphatic rings. The van der Waals surface area contributed by atoms with Crippen LogP contribution < -0.4 is 15.8 Å². The molecule has 1 aromatic carbocycles. The van der Waals surface area contributed by atoms with Gasteiger partial charge in [-0.05, 0) is 18.6 Å². The van der Waals surface area contributed by atoms with Crippen molar-refractivity contribution in [2.75, 3.05) is 38.0 Å². The first kappa shape index (κ1) is 13.6. The highest BCUT2D eigenvalue weighted by Crippen LogP contribution is 2.26. The second kappa shape index (κ2) is 6.40. The van der Waals surface area contributed by atoms with Gasteiger partial charge in [0, 0.05) is 18.4 Å². The van der Waals surface area contributed by atoms with Crippen LogP contribution in [0.4, 0.5) is 11.4 Å². The Morgan fingerprint density at radius 2 is 2.42 bits per heavy atom. The van der Waals surface area contributed by atoms with Gasteiger partial charge in [-0.1, -0.05) is 0 Å². The van der Waals surface area contributed by atoms with Gasteiger partial charge in [-0.3, -0.25) is 4.79 Å². The van der Waals surface area contributed by atoms with Crippen molar-refractivity contribution in [1.29, 1.82) is 0 Å². The van der Waals surface area contributed by atoms with E-state index in [9.17, 15) is 4.79 Å². The summed E-state index contributed by atoms with van der Waals surface area (Å²) in [6.07, 6.45) is 0.845. The van der Waals surface area contributed by atoms with E-state index in [-0.39, 0.29) is 18.6 Å². The average Bonchev–Trinajstić information content (AvgIpc) is 2.91. The lowest BCUT2D eigenvalue weighted by atomic mass is 10.2. The summed E-state index contributed by atoms with van der Waals surface area (Å²) in [4.78, 5) is 11.8. The maximum absolute atomic E-state index is 11.8. The lowest BCUT2D eigenvalue weighted by molar-refractivity contribution is -0.122. The number of carbonyl (C=O) groups is 1. The number of ether oxygens (including phenoxy) is 3. The molecule has 0 aliphatic carbocycles. The highest BCUT2D eigenvalue weighted by atomic mass is 16.5. The van der Waals surface area contributed by atoms with Gasteiger partial charge < -0.3 is 25.3 Å². The number of rotatable bonds is 5. The second-order valence-corrected chi connectivity index (χ2v) is 4.30.